The minimum absolute atomic E-state index is 0.0165. The zero-order valence-corrected chi connectivity index (χ0v) is 23.7. The van der Waals surface area contributed by atoms with Crippen LogP contribution >= 0.6 is 0 Å². The summed E-state index contributed by atoms with van der Waals surface area (Å²) >= 11 is 0. The molecule has 5 aromatic carbocycles. The lowest BCUT2D eigenvalue weighted by atomic mass is 10.1. The van der Waals surface area contributed by atoms with Gasteiger partial charge >= 0.3 is 0 Å². The fourth-order valence-electron chi connectivity index (χ4n) is 5.16. The first kappa shape index (κ1) is 26.4. The van der Waals surface area contributed by atoms with Crippen LogP contribution in [0, 0.1) is 0 Å². The molecule has 2 heterocycles. The summed E-state index contributed by atoms with van der Waals surface area (Å²) in [6.45, 7) is -0.0330. The lowest BCUT2D eigenvalue weighted by Crippen LogP contribution is -2.26. The van der Waals surface area contributed by atoms with Gasteiger partial charge in [0.2, 0.25) is 20.0 Å². The molecular formula is C32H24N2O6S2. The van der Waals surface area contributed by atoms with Crippen molar-refractivity contribution in [3.05, 3.63) is 120 Å². The summed E-state index contributed by atoms with van der Waals surface area (Å²) in [6.07, 6.45) is 0. The van der Waals surface area contributed by atoms with Gasteiger partial charge in [-0.1, -0.05) is 60.7 Å². The molecule has 0 saturated heterocycles. The van der Waals surface area contributed by atoms with Crippen molar-refractivity contribution in [3.63, 3.8) is 0 Å². The number of furan rings is 2. The highest BCUT2D eigenvalue weighted by Crippen LogP contribution is 2.31. The summed E-state index contributed by atoms with van der Waals surface area (Å²) in [5.41, 5.74) is 3.87. The summed E-state index contributed by atoms with van der Waals surface area (Å²) in [4.78, 5) is 0.226. The predicted octanol–water partition coefficient (Wildman–Crippen LogP) is 6.44. The molecule has 0 amide bonds. The molecule has 0 unspecified atom stereocenters. The molecule has 7 aromatic rings. The Morgan fingerprint density at radius 3 is 1.29 bits per heavy atom. The molecule has 7 rings (SSSR count). The number of hydrogen-bond donors (Lipinski definition) is 2. The second-order valence-corrected chi connectivity index (χ2v) is 13.5. The van der Waals surface area contributed by atoms with Crippen LogP contribution in [0.2, 0.25) is 0 Å². The molecule has 42 heavy (non-hydrogen) atoms. The highest BCUT2D eigenvalue weighted by Gasteiger charge is 2.19. The standard InChI is InChI=1S/C32H24N2O6S2/c35-41(36,23-13-15-31-27(17-23)25-9-3-5-11-29(25)39-31)33-19-21-7-1-2-8-22(21)20-34-42(37,38)24-14-16-32-28(18-24)26-10-4-6-12-30(26)40-32/h1-18,33-34H,19-20H2. The summed E-state index contributed by atoms with van der Waals surface area (Å²) in [5, 5.41) is 3.10. The Labute approximate surface area is 241 Å². The van der Waals surface area contributed by atoms with Crippen molar-refractivity contribution in [1.29, 1.82) is 0 Å². The van der Waals surface area contributed by atoms with Crippen LogP contribution in [0.4, 0.5) is 0 Å². The van der Waals surface area contributed by atoms with Crippen LogP contribution in [0.1, 0.15) is 11.1 Å². The smallest absolute Gasteiger partial charge is 0.240 e. The van der Waals surface area contributed by atoms with E-state index in [1.165, 1.54) is 12.1 Å². The van der Waals surface area contributed by atoms with Gasteiger partial charge in [0, 0.05) is 34.6 Å². The van der Waals surface area contributed by atoms with Crippen molar-refractivity contribution in [1.82, 2.24) is 9.44 Å². The van der Waals surface area contributed by atoms with Crippen LogP contribution < -0.4 is 9.44 Å². The van der Waals surface area contributed by atoms with Crippen LogP contribution in [0.3, 0.4) is 0 Å². The van der Waals surface area contributed by atoms with Crippen molar-refractivity contribution in [2.24, 2.45) is 0 Å². The second-order valence-electron chi connectivity index (χ2n) is 9.93. The number of hydrogen-bond acceptors (Lipinski definition) is 6. The Morgan fingerprint density at radius 1 is 0.452 bits per heavy atom. The van der Waals surface area contributed by atoms with Gasteiger partial charge < -0.3 is 8.83 Å². The summed E-state index contributed by atoms with van der Waals surface area (Å²) in [6, 6.07) is 31.5. The summed E-state index contributed by atoms with van der Waals surface area (Å²) in [7, 11) is -7.74. The maximum absolute atomic E-state index is 13.2. The number of rotatable bonds is 8. The number of fused-ring (bicyclic) bond motifs is 6. The molecule has 2 N–H and O–H groups in total. The van der Waals surface area contributed by atoms with Crippen molar-refractivity contribution in [2.45, 2.75) is 22.9 Å². The topological polar surface area (TPSA) is 119 Å². The van der Waals surface area contributed by atoms with E-state index in [1.807, 2.05) is 48.5 Å². The molecule has 0 atom stereocenters. The predicted molar refractivity (Wildman–Crippen MR) is 162 cm³/mol. The molecule has 2 aromatic heterocycles. The number of sulfonamides is 2. The fraction of sp³-hybridized carbons (Fsp3) is 0.0625. The van der Waals surface area contributed by atoms with Gasteiger partial charge in [-0.25, -0.2) is 26.3 Å². The van der Waals surface area contributed by atoms with E-state index in [-0.39, 0.29) is 22.9 Å². The van der Waals surface area contributed by atoms with Gasteiger partial charge in [0.05, 0.1) is 9.79 Å². The molecular weight excluding hydrogens is 572 g/mol. The van der Waals surface area contributed by atoms with Gasteiger partial charge in [0.25, 0.3) is 0 Å². The Balaban J connectivity index is 1.10. The average Bonchev–Trinajstić information content (AvgIpc) is 3.57. The largest absolute Gasteiger partial charge is 0.456 e. The van der Waals surface area contributed by atoms with E-state index in [1.54, 1.807) is 48.5 Å². The van der Waals surface area contributed by atoms with Crippen LogP contribution in [0.5, 0.6) is 0 Å². The lowest BCUT2D eigenvalue weighted by Gasteiger charge is -2.13. The van der Waals surface area contributed by atoms with Crippen LogP contribution in [0.15, 0.2) is 128 Å². The minimum Gasteiger partial charge on any atom is -0.456 e. The highest BCUT2D eigenvalue weighted by atomic mass is 32.2. The van der Waals surface area contributed by atoms with E-state index in [4.69, 9.17) is 8.83 Å². The van der Waals surface area contributed by atoms with E-state index in [2.05, 4.69) is 9.44 Å². The van der Waals surface area contributed by atoms with E-state index in [9.17, 15) is 16.8 Å². The van der Waals surface area contributed by atoms with E-state index >= 15 is 0 Å². The van der Waals surface area contributed by atoms with Crippen molar-refractivity contribution < 1.29 is 25.7 Å². The Bertz CT molecular complexity index is 2190. The molecule has 0 bridgehead atoms. The van der Waals surface area contributed by atoms with Crippen molar-refractivity contribution in [3.8, 4) is 0 Å². The molecule has 0 aliphatic rings. The van der Waals surface area contributed by atoms with Gasteiger partial charge in [-0.3, -0.25) is 0 Å². The lowest BCUT2D eigenvalue weighted by molar-refractivity contribution is 0.577. The highest BCUT2D eigenvalue weighted by molar-refractivity contribution is 7.89. The van der Waals surface area contributed by atoms with Gasteiger partial charge in [-0.15, -0.1) is 0 Å². The van der Waals surface area contributed by atoms with E-state index in [0.29, 0.717) is 44.2 Å². The Hall–Kier alpha value is -4.48. The van der Waals surface area contributed by atoms with Crippen LogP contribution in [-0.2, 0) is 33.1 Å². The minimum atomic E-state index is -3.87. The number of nitrogens with one attached hydrogen (secondary N) is 2. The van der Waals surface area contributed by atoms with Gasteiger partial charge in [-0.05, 0) is 59.7 Å². The van der Waals surface area contributed by atoms with Gasteiger partial charge in [-0.2, -0.15) is 0 Å². The quantitative estimate of drug-likeness (QED) is 0.208. The zero-order valence-electron chi connectivity index (χ0n) is 22.1. The fourth-order valence-corrected chi connectivity index (χ4v) is 7.22. The monoisotopic (exact) mass is 596 g/mol. The van der Waals surface area contributed by atoms with E-state index in [0.717, 1.165) is 10.8 Å². The molecule has 0 saturated carbocycles. The maximum atomic E-state index is 13.2. The zero-order chi connectivity index (χ0) is 28.9. The van der Waals surface area contributed by atoms with Crippen molar-refractivity contribution in [2.75, 3.05) is 0 Å². The first-order valence-electron chi connectivity index (χ1n) is 13.2. The first-order chi connectivity index (χ1) is 20.3. The van der Waals surface area contributed by atoms with Crippen LogP contribution in [0.25, 0.3) is 43.9 Å². The molecule has 0 aliphatic heterocycles. The summed E-state index contributed by atoms with van der Waals surface area (Å²) < 4.78 is 69.9. The molecule has 0 aliphatic carbocycles. The Kier molecular flexibility index (Phi) is 6.36. The number of benzene rings is 5. The first-order valence-corrected chi connectivity index (χ1v) is 16.1. The molecule has 10 heteroatoms. The number of para-hydroxylation sites is 2. The van der Waals surface area contributed by atoms with Gasteiger partial charge in [0.15, 0.2) is 0 Å². The van der Waals surface area contributed by atoms with Gasteiger partial charge in [0.1, 0.15) is 22.3 Å². The van der Waals surface area contributed by atoms with Crippen molar-refractivity contribution >= 4 is 63.9 Å². The molecule has 0 radical (unpaired) electrons. The van der Waals surface area contributed by atoms with Crippen LogP contribution in [-0.4, -0.2) is 16.8 Å². The molecule has 0 spiro atoms. The third kappa shape index (κ3) is 4.74. The molecule has 0 fully saturated rings. The maximum Gasteiger partial charge on any atom is 0.240 e. The SMILES string of the molecule is O=S(=O)(NCc1ccccc1CNS(=O)(=O)c1ccc2oc3ccccc3c2c1)c1ccc2oc3ccccc3c2c1. The third-order valence-electron chi connectivity index (χ3n) is 7.34. The van der Waals surface area contributed by atoms with E-state index < -0.39 is 20.0 Å². The Morgan fingerprint density at radius 2 is 0.833 bits per heavy atom. The normalized spacial score (nSPS) is 12.6. The second kappa shape index (κ2) is 10.1. The molecule has 8 nitrogen and oxygen atoms in total. The third-order valence-corrected chi connectivity index (χ3v) is 10.1. The summed E-state index contributed by atoms with van der Waals surface area (Å²) in [5.74, 6) is 0. The average molecular weight is 597 g/mol. The molecule has 210 valence electrons.